The van der Waals surface area contributed by atoms with Crippen molar-refractivity contribution in [2.75, 3.05) is 32.7 Å². The molecular weight excluding hydrogens is 346 g/mol. The summed E-state index contributed by atoms with van der Waals surface area (Å²) in [6.07, 6.45) is 20.6. The van der Waals surface area contributed by atoms with Crippen LogP contribution in [0.4, 0.5) is 0 Å². The Hall–Kier alpha value is -1.16. The van der Waals surface area contributed by atoms with E-state index in [1.54, 1.807) is 6.92 Å². The number of nitrogens with one attached hydrogen (secondary N) is 1. The molecule has 1 amide bonds. The van der Waals surface area contributed by atoms with Gasteiger partial charge in [0.15, 0.2) is 5.84 Å². The normalized spacial score (nSPS) is 19.3. The molecule has 0 bridgehead atoms. The molecule has 1 atom stereocenters. The van der Waals surface area contributed by atoms with Crippen LogP contribution in [0.1, 0.15) is 97.8 Å². The van der Waals surface area contributed by atoms with Crippen LogP contribution < -0.4 is 5.32 Å². The van der Waals surface area contributed by atoms with Gasteiger partial charge in [0.2, 0.25) is 5.91 Å². The topological polar surface area (TPSA) is 41.5 Å². The zero-order valence-electron chi connectivity index (χ0n) is 19.0. The van der Waals surface area contributed by atoms with E-state index >= 15 is 0 Å². The van der Waals surface area contributed by atoms with Crippen molar-refractivity contribution >= 4 is 11.7 Å². The van der Waals surface area contributed by atoms with E-state index in [1.165, 1.54) is 70.0 Å². The van der Waals surface area contributed by atoms with Crippen molar-refractivity contribution < 1.29 is 9.28 Å². The van der Waals surface area contributed by atoms with Crippen molar-refractivity contribution in [3.05, 3.63) is 12.2 Å². The number of carbonyl (C=O) groups excluding carboxylic acids is 1. The van der Waals surface area contributed by atoms with Gasteiger partial charge in [-0.15, -0.1) is 0 Å². The lowest BCUT2D eigenvalue weighted by Gasteiger charge is -2.33. The number of nitrogens with zero attached hydrogens (tertiary/aromatic N) is 2. The van der Waals surface area contributed by atoms with Gasteiger partial charge < -0.3 is 5.32 Å². The van der Waals surface area contributed by atoms with Gasteiger partial charge in [-0.05, 0) is 32.6 Å². The fourth-order valence-corrected chi connectivity index (χ4v) is 4.16. The molecule has 1 aliphatic rings. The largest absolute Gasteiger partial charge is 0.351 e. The molecule has 0 saturated carbocycles. The number of unbranched alkanes of at least 4 members (excludes halogenated alkanes) is 9. The van der Waals surface area contributed by atoms with E-state index in [-0.39, 0.29) is 5.91 Å². The number of amides is 1. The average molecular weight is 393 g/mol. The van der Waals surface area contributed by atoms with Gasteiger partial charge in [0.1, 0.15) is 13.1 Å². The van der Waals surface area contributed by atoms with E-state index in [0.717, 1.165) is 50.0 Å². The fourth-order valence-electron chi connectivity index (χ4n) is 4.16. The van der Waals surface area contributed by atoms with Crippen molar-refractivity contribution in [3.63, 3.8) is 0 Å². The first-order chi connectivity index (χ1) is 13.6. The molecule has 1 heterocycles. The number of likely N-dealkylation sites (N-methyl/N-ethyl adjacent to an activating group) is 1. The Balaban J connectivity index is 2.10. The predicted octanol–water partition coefficient (Wildman–Crippen LogP) is 5.63. The average Bonchev–Trinajstić information content (AvgIpc) is 3.08. The lowest BCUT2D eigenvalue weighted by molar-refractivity contribution is -0.833. The minimum atomic E-state index is 0.0635. The molecule has 0 aromatic rings. The van der Waals surface area contributed by atoms with Crippen LogP contribution in [-0.2, 0) is 4.79 Å². The van der Waals surface area contributed by atoms with Gasteiger partial charge in [-0.3, -0.25) is 9.28 Å². The van der Waals surface area contributed by atoms with Gasteiger partial charge in [-0.25, -0.2) is 4.99 Å². The van der Waals surface area contributed by atoms with E-state index in [1.807, 2.05) is 0 Å². The van der Waals surface area contributed by atoms with Crippen molar-refractivity contribution in [1.82, 2.24) is 5.32 Å². The zero-order valence-corrected chi connectivity index (χ0v) is 19.0. The molecule has 0 aromatic heterocycles. The third-order valence-corrected chi connectivity index (χ3v) is 6.05. The van der Waals surface area contributed by atoms with Crippen LogP contribution in [0.2, 0.25) is 0 Å². The first kappa shape index (κ1) is 24.9. The number of hydrogen-bond acceptors (Lipinski definition) is 2. The van der Waals surface area contributed by atoms with Gasteiger partial charge in [0.25, 0.3) is 0 Å². The summed E-state index contributed by atoms with van der Waals surface area (Å²) >= 11 is 0. The number of allylic oxidation sites excluding steroid dienone is 2. The Morgan fingerprint density at radius 1 is 1.00 bits per heavy atom. The number of rotatable bonds is 17. The van der Waals surface area contributed by atoms with Crippen LogP contribution in [0, 0.1) is 0 Å². The Bertz CT molecular complexity index is 472. The minimum Gasteiger partial charge on any atom is -0.351 e. The molecule has 28 heavy (non-hydrogen) atoms. The van der Waals surface area contributed by atoms with Gasteiger partial charge in [-0.2, -0.15) is 0 Å². The van der Waals surface area contributed by atoms with Crippen molar-refractivity contribution in [1.29, 1.82) is 0 Å². The van der Waals surface area contributed by atoms with Gasteiger partial charge in [-0.1, -0.05) is 64.0 Å². The summed E-state index contributed by atoms with van der Waals surface area (Å²) in [4.78, 5) is 15.9. The van der Waals surface area contributed by atoms with Crippen LogP contribution in [0.25, 0.3) is 0 Å². The number of quaternary nitrogens is 1. The van der Waals surface area contributed by atoms with E-state index in [0.29, 0.717) is 0 Å². The monoisotopic (exact) mass is 392 g/mol. The Labute approximate surface area is 174 Å². The summed E-state index contributed by atoms with van der Waals surface area (Å²) in [6.45, 7) is 11.0. The summed E-state index contributed by atoms with van der Waals surface area (Å²) in [6, 6.07) is 0. The second-order valence-electron chi connectivity index (χ2n) is 8.32. The third-order valence-electron chi connectivity index (χ3n) is 6.05. The first-order valence-corrected chi connectivity index (χ1v) is 11.9. The van der Waals surface area contributed by atoms with Gasteiger partial charge in [0, 0.05) is 13.3 Å². The summed E-state index contributed by atoms with van der Waals surface area (Å²) in [7, 11) is 0. The first-order valence-electron chi connectivity index (χ1n) is 11.9. The van der Waals surface area contributed by atoms with E-state index in [9.17, 15) is 4.79 Å². The quantitative estimate of drug-likeness (QED) is 0.195. The van der Waals surface area contributed by atoms with Crippen LogP contribution in [-0.4, -0.2) is 48.9 Å². The predicted molar refractivity (Wildman–Crippen MR) is 122 cm³/mol. The van der Waals surface area contributed by atoms with Crippen LogP contribution in [0.5, 0.6) is 0 Å². The molecule has 162 valence electrons. The summed E-state index contributed by atoms with van der Waals surface area (Å²) in [5, 5.41) is 2.95. The van der Waals surface area contributed by atoms with Crippen LogP contribution in [0.3, 0.4) is 0 Å². The molecule has 0 spiro atoms. The van der Waals surface area contributed by atoms with Crippen molar-refractivity contribution in [3.8, 4) is 0 Å². The minimum absolute atomic E-state index is 0.0635. The lowest BCUT2D eigenvalue weighted by atomic mass is 10.1. The Kier molecular flexibility index (Phi) is 14.0. The standard InChI is InChI=1S/C24H45N3O/c1-4-6-7-8-9-10-11-12-13-14-15-16-17-18-24-26-20-22-27(24,5-2)21-19-25-23(3)28/h14-15H,4-13,16-22H2,1-3H3/p+1/b15-14+. The zero-order chi connectivity index (χ0) is 20.5. The molecule has 1 unspecified atom stereocenters. The fraction of sp³-hybridized carbons (Fsp3) is 0.833. The maximum absolute atomic E-state index is 11.1. The molecule has 1 rings (SSSR count). The molecule has 1 N–H and O–H groups in total. The summed E-state index contributed by atoms with van der Waals surface area (Å²) < 4.78 is 0.974. The number of aliphatic imine (C=N–C) groups is 1. The smallest absolute Gasteiger partial charge is 0.217 e. The summed E-state index contributed by atoms with van der Waals surface area (Å²) in [5.41, 5.74) is 0. The molecular formula is C24H46N3O+. The van der Waals surface area contributed by atoms with Crippen LogP contribution >= 0.6 is 0 Å². The van der Waals surface area contributed by atoms with E-state index in [2.05, 4.69) is 31.3 Å². The highest BCUT2D eigenvalue weighted by Crippen LogP contribution is 2.19. The van der Waals surface area contributed by atoms with E-state index < -0.39 is 0 Å². The molecule has 4 heteroatoms. The Morgan fingerprint density at radius 2 is 1.64 bits per heavy atom. The maximum atomic E-state index is 11.1. The number of carbonyl (C=O) groups is 1. The Morgan fingerprint density at radius 3 is 2.29 bits per heavy atom. The highest BCUT2D eigenvalue weighted by Gasteiger charge is 2.35. The molecule has 1 aliphatic heterocycles. The SMILES string of the molecule is CCCCCCCCCC/C=C/CCCC1=NCC[N+]1(CC)CCNC(C)=O. The third kappa shape index (κ3) is 10.4. The number of hydrogen-bond donors (Lipinski definition) is 1. The molecule has 0 radical (unpaired) electrons. The van der Waals surface area contributed by atoms with Gasteiger partial charge in [0.05, 0.1) is 19.6 Å². The highest BCUT2D eigenvalue weighted by atomic mass is 16.1. The second-order valence-corrected chi connectivity index (χ2v) is 8.32. The van der Waals surface area contributed by atoms with E-state index in [4.69, 9.17) is 4.99 Å². The molecule has 0 fully saturated rings. The molecule has 0 saturated heterocycles. The van der Waals surface area contributed by atoms with Gasteiger partial charge >= 0.3 is 0 Å². The van der Waals surface area contributed by atoms with Crippen LogP contribution in [0.15, 0.2) is 17.1 Å². The second kappa shape index (κ2) is 15.7. The molecule has 4 nitrogen and oxygen atoms in total. The molecule has 0 aromatic carbocycles. The number of amidine groups is 1. The lowest BCUT2D eigenvalue weighted by Crippen LogP contribution is -2.54. The van der Waals surface area contributed by atoms with Crippen molar-refractivity contribution in [2.24, 2.45) is 4.99 Å². The summed E-state index contributed by atoms with van der Waals surface area (Å²) in [5.74, 6) is 1.41. The molecule has 0 aliphatic carbocycles. The maximum Gasteiger partial charge on any atom is 0.217 e. The van der Waals surface area contributed by atoms with Crippen molar-refractivity contribution in [2.45, 2.75) is 97.8 Å². The highest BCUT2D eigenvalue weighted by molar-refractivity contribution is 5.77.